The number of hydrogen-bond acceptors (Lipinski definition) is 5. The number of nitrogens with one attached hydrogen (secondary N) is 1. The summed E-state index contributed by atoms with van der Waals surface area (Å²) in [7, 11) is -4.19. The smallest absolute Gasteiger partial charge is 0.387 e. The quantitative estimate of drug-likeness (QED) is 0.733. The molecule has 1 N–H and O–H groups in total. The molecular weight excluding hydrogens is 404 g/mol. The fourth-order valence-electron chi connectivity index (χ4n) is 3.06. The molecule has 7 nitrogen and oxygen atoms in total. The molecule has 29 heavy (non-hydrogen) atoms. The first-order valence-corrected chi connectivity index (χ1v) is 10.5. The van der Waals surface area contributed by atoms with Gasteiger partial charge in [-0.1, -0.05) is 30.3 Å². The van der Waals surface area contributed by atoms with Crippen molar-refractivity contribution >= 4 is 21.6 Å². The van der Waals surface area contributed by atoms with Crippen LogP contribution in [0.1, 0.15) is 0 Å². The number of ether oxygens (including phenoxy) is 1. The highest BCUT2D eigenvalue weighted by Gasteiger charge is 2.25. The minimum atomic E-state index is -4.19. The molecule has 2 aromatic carbocycles. The predicted octanol–water partition coefficient (Wildman–Crippen LogP) is 1.92. The largest absolute Gasteiger partial charge is 0.433 e. The Morgan fingerprint density at radius 3 is 2.28 bits per heavy atom. The molecule has 0 bridgehead atoms. The number of sulfonamides is 1. The summed E-state index contributed by atoms with van der Waals surface area (Å²) in [5.74, 6) is -0.854. The molecule has 0 saturated carbocycles. The van der Waals surface area contributed by atoms with Crippen LogP contribution >= 0.6 is 0 Å². The number of carbonyl (C=O) groups excluding carboxylic acids is 1. The number of carbonyl (C=O) groups is 1. The van der Waals surface area contributed by atoms with Crippen molar-refractivity contribution in [1.29, 1.82) is 0 Å². The Morgan fingerprint density at radius 2 is 1.62 bits per heavy atom. The molecule has 1 heterocycles. The maximum absolute atomic E-state index is 12.5. The summed E-state index contributed by atoms with van der Waals surface area (Å²) >= 11 is 0. The van der Waals surface area contributed by atoms with Crippen molar-refractivity contribution in [3.63, 3.8) is 0 Å². The summed E-state index contributed by atoms with van der Waals surface area (Å²) < 4.78 is 56.3. The number of benzene rings is 2. The van der Waals surface area contributed by atoms with Gasteiger partial charge in [-0.3, -0.25) is 4.79 Å². The van der Waals surface area contributed by atoms with E-state index in [0.717, 1.165) is 17.8 Å². The van der Waals surface area contributed by atoms with E-state index in [2.05, 4.69) is 14.4 Å². The molecule has 0 unspecified atom stereocenters. The van der Waals surface area contributed by atoms with Gasteiger partial charge in [0.05, 0.1) is 6.54 Å². The van der Waals surface area contributed by atoms with E-state index in [-0.39, 0.29) is 5.91 Å². The molecule has 0 atom stereocenters. The van der Waals surface area contributed by atoms with Gasteiger partial charge in [0.1, 0.15) is 10.6 Å². The first-order valence-electron chi connectivity index (χ1n) is 8.98. The second kappa shape index (κ2) is 9.19. The lowest BCUT2D eigenvalue weighted by Crippen LogP contribution is -2.51. The minimum Gasteiger partial charge on any atom is -0.433 e. The van der Waals surface area contributed by atoms with Crippen molar-refractivity contribution in [2.24, 2.45) is 0 Å². The summed E-state index contributed by atoms with van der Waals surface area (Å²) in [4.78, 5) is 15.7. The van der Waals surface area contributed by atoms with Gasteiger partial charge in [-0.2, -0.15) is 8.78 Å². The van der Waals surface area contributed by atoms with Crippen molar-refractivity contribution in [1.82, 2.24) is 9.62 Å². The van der Waals surface area contributed by atoms with Crippen molar-refractivity contribution in [2.45, 2.75) is 11.5 Å². The topological polar surface area (TPSA) is 78.9 Å². The summed E-state index contributed by atoms with van der Waals surface area (Å²) in [6.45, 7) is -1.44. The molecule has 10 heteroatoms. The fourth-order valence-corrected chi connectivity index (χ4v) is 4.17. The molecule has 1 aliphatic rings. The zero-order chi connectivity index (χ0) is 20.9. The van der Waals surface area contributed by atoms with E-state index < -0.39 is 33.8 Å². The standard InChI is InChI=1S/C19H21F2N3O4S/c20-19(21)28-16-8-4-5-9-17(16)29(26,27)22-14-18(25)24-12-10-23(11-13-24)15-6-2-1-3-7-15/h1-9,19,22H,10-14H2. The number of alkyl halides is 2. The van der Waals surface area contributed by atoms with E-state index in [9.17, 15) is 22.0 Å². The Labute approximate surface area is 167 Å². The normalized spacial score (nSPS) is 14.9. The van der Waals surface area contributed by atoms with Gasteiger partial charge in [0.15, 0.2) is 0 Å². The predicted molar refractivity (Wildman–Crippen MR) is 103 cm³/mol. The number of anilines is 1. The highest BCUT2D eigenvalue weighted by Crippen LogP contribution is 2.24. The molecule has 0 aromatic heterocycles. The van der Waals surface area contributed by atoms with Gasteiger partial charge in [0, 0.05) is 31.9 Å². The first kappa shape index (κ1) is 21.0. The Kier molecular flexibility index (Phi) is 6.65. The number of halogens is 2. The number of para-hydroxylation sites is 2. The van der Waals surface area contributed by atoms with Crippen molar-refractivity contribution in [3.8, 4) is 5.75 Å². The Bertz CT molecular complexity index is 933. The van der Waals surface area contributed by atoms with E-state index in [0.29, 0.717) is 26.2 Å². The summed E-state index contributed by atoms with van der Waals surface area (Å²) in [5.41, 5.74) is 1.07. The molecule has 1 fully saturated rings. The van der Waals surface area contributed by atoms with Crippen LogP contribution in [0.4, 0.5) is 14.5 Å². The van der Waals surface area contributed by atoms with Crippen LogP contribution < -0.4 is 14.4 Å². The third-order valence-electron chi connectivity index (χ3n) is 4.52. The zero-order valence-electron chi connectivity index (χ0n) is 15.5. The van der Waals surface area contributed by atoms with Crippen molar-refractivity contribution in [3.05, 3.63) is 54.6 Å². The summed E-state index contributed by atoms with van der Waals surface area (Å²) in [5, 5.41) is 0. The third-order valence-corrected chi connectivity index (χ3v) is 5.96. The Hall–Kier alpha value is -2.72. The first-order chi connectivity index (χ1) is 13.9. The molecule has 0 aliphatic carbocycles. The highest BCUT2D eigenvalue weighted by atomic mass is 32.2. The minimum absolute atomic E-state index is 0.381. The number of rotatable bonds is 7. The number of piperazine rings is 1. The maximum atomic E-state index is 12.5. The average Bonchev–Trinajstić information content (AvgIpc) is 2.73. The Balaban J connectivity index is 1.57. The van der Waals surface area contributed by atoms with Gasteiger partial charge in [0.2, 0.25) is 15.9 Å². The number of nitrogens with zero attached hydrogens (tertiary/aromatic N) is 2. The monoisotopic (exact) mass is 425 g/mol. The summed E-state index contributed by atoms with van der Waals surface area (Å²) in [6, 6.07) is 14.8. The van der Waals surface area contributed by atoms with Crippen LogP contribution in [0.25, 0.3) is 0 Å². The lowest BCUT2D eigenvalue weighted by Gasteiger charge is -2.36. The Morgan fingerprint density at radius 1 is 1.00 bits per heavy atom. The molecular formula is C19H21F2N3O4S. The van der Waals surface area contributed by atoms with E-state index in [1.807, 2.05) is 30.3 Å². The average molecular weight is 425 g/mol. The molecule has 2 aromatic rings. The maximum Gasteiger partial charge on any atom is 0.387 e. The van der Waals surface area contributed by atoms with E-state index in [4.69, 9.17) is 0 Å². The van der Waals surface area contributed by atoms with Gasteiger partial charge < -0.3 is 14.5 Å². The lowest BCUT2D eigenvalue weighted by atomic mass is 10.2. The number of hydrogen-bond donors (Lipinski definition) is 1. The van der Waals surface area contributed by atoms with Crippen LogP contribution in [-0.4, -0.2) is 58.6 Å². The van der Waals surface area contributed by atoms with Crippen LogP contribution in [0.15, 0.2) is 59.5 Å². The van der Waals surface area contributed by atoms with Crippen molar-refractivity contribution < 1.29 is 26.7 Å². The van der Waals surface area contributed by atoms with Crippen molar-refractivity contribution in [2.75, 3.05) is 37.6 Å². The molecule has 156 valence electrons. The van der Waals surface area contributed by atoms with Crippen LogP contribution in [0.3, 0.4) is 0 Å². The van der Waals surface area contributed by atoms with E-state index >= 15 is 0 Å². The van der Waals surface area contributed by atoms with Crippen LogP contribution in [-0.2, 0) is 14.8 Å². The SMILES string of the molecule is O=C(CNS(=O)(=O)c1ccccc1OC(F)F)N1CCN(c2ccccc2)CC1. The number of amides is 1. The van der Waals surface area contributed by atoms with Gasteiger partial charge in [-0.05, 0) is 24.3 Å². The molecule has 3 rings (SSSR count). The lowest BCUT2D eigenvalue weighted by molar-refractivity contribution is -0.130. The molecule has 1 aliphatic heterocycles. The van der Waals surface area contributed by atoms with Gasteiger partial charge in [-0.15, -0.1) is 0 Å². The highest BCUT2D eigenvalue weighted by molar-refractivity contribution is 7.89. The van der Waals surface area contributed by atoms with Gasteiger partial charge in [0.25, 0.3) is 0 Å². The van der Waals surface area contributed by atoms with Gasteiger partial charge in [-0.25, -0.2) is 13.1 Å². The van der Waals surface area contributed by atoms with E-state index in [1.165, 1.54) is 12.1 Å². The second-order valence-electron chi connectivity index (χ2n) is 6.35. The van der Waals surface area contributed by atoms with Crippen LogP contribution in [0.2, 0.25) is 0 Å². The fraction of sp³-hybridized carbons (Fsp3) is 0.316. The van der Waals surface area contributed by atoms with Gasteiger partial charge >= 0.3 is 6.61 Å². The summed E-state index contributed by atoms with van der Waals surface area (Å²) in [6.07, 6.45) is 0. The zero-order valence-corrected chi connectivity index (χ0v) is 16.3. The second-order valence-corrected chi connectivity index (χ2v) is 8.09. The molecule has 1 amide bonds. The van der Waals surface area contributed by atoms with E-state index in [1.54, 1.807) is 4.90 Å². The van der Waals surface area contributed by atoms with Crippen LogP contribution in [0.5, 0.6) is 5.75 Å². The van der Waals surface area contributed by atoms with Crippen LogP contribution in [0, 0.1) is 0 Å². The third kappa shape index (κ3) is 5.42. The molecule has 0 radical (unpaired) electrons. The molecule has 0 spiro atoms. The molecule has 1 saturated heterocycles.